The average Bonchev–Trinajstić information content (AvgIpc) is 2.76. The van der Waals surface area contributed by atoms with Crippen LogP contribution in [0.1, 0.15) is 31.2 Å². The molecule has 3 aromatic rings. The molecule has 0 radical (unpaired) electrons. The van der Waals surface area contributed by atoms with E-state index in [4.69, 9.17) is 4.74 Å². The molecule has 1 aromatic heterocycles. The number of benzene rings is 2. The molecule has 4 rings (SSSR count). The first-order valence-electron chi connectivity index (χ1n) is 10.2. The van der Waals surface area contributed by atoms with Gasteiger partial charge in [-0.3, -0.25) is 9.59 Å². The summed E-state index contributed by atoms with van der Waals surface area (Å²) in [5.41, 5.74) is 2.39. The Morgan fingerprint density at radius 1 is 1.03 bits per heavy atom. The van der Waals surface area contributed by atoms with Gasteiger partial charge in [0.15, 0.2) is 0 Å². The number of aromatic nitrogens is 2. The maximum Gasteiger partial charge on any atom is 0.266 e. The second-order valence-electron chi connectivity index (χ2n) is 7.60. The van der Waals surface area contributed by atoms with Gasteiger partial charge in [0.1, 0.15) is 11.5 Å². The molecule has 0 spiro atoms. The Bertz CT molecular complexity index is 1100. The molecule has 0 atom stereocenters. The zero-order chi connectivity index (χ0) is 21.1. The molecule has 1 aliphatic rings. The maximum atomic E-state index is 12.4. The SMILES string of the molecule is CC(=O)N1CCC(c2cc(=O)n(C)nc2-c2ccccc2Oc2ccccc2)CC1. The first-order chi connectivity index (χ1) is 14.5. The van der Waals surface area contributed by atoms with Crippen molar-refractivity contribution in [2.45, 2.75) is 25.7 Å². The molecule has 1 fully saturated rings. The van der Waals surface area contributed by atoms with Crippen LogP contribution in [0.4, 0.5) is 0 Å². The van der Waals surface area contributed by atoms with Crippen LogP contribution in [0.2, 0.25) is 0 Å². The zero-order valence-electron chi connectivity index (χ0n) is 17.2. The lowest BCUT2D eigenvalue weighted by Crippen LogP contribution is -2.36. The van der Waals surface area contributed by atoms with E-state index in [2.05, 4.69) is 5.10 Å². The number of hydrogen-bond acceptors (Lipinski definition) is 4. The van der Waals surface area contributed by atoms with Crippen molar-refractivity contribution in [3.63, 3.8) is 0 Å². The van der Waals surface area contributed by atoms with Gasteiger partial charge in [-0.25, -0.2) is 4.68 Å². The number of carbonyl (C=O) groups excluding carboxylic acids is 1. The molecule has 0 N–H and O–H groups in total. The van der Waals surface area contributed by atoms with E-state index in [1.807, 2.05) is 59.5 Å². The molecular formula is C24H25N3O3. The summed E-state index contributed by atoms with van der Waals surface area (Å²) in [5.74, 6) is 1.70. The average molecular weight is 403 g/mol. The number of para-hydroxylation sites is 2. The summed E-state index contributed by atoms with van der Waals surface area (Å²) in [6.45, 7) is 2.98. The monoisotopic (exact) mass is 403 g/mol. The Morgan fingerprint density at radius 3 is 2.40 bits per heavy atom. The smallest absolute Gasteiger partial charge is 0.266 e. The van der Waals surface area contributed by atoms with Gasteiger partial charge >= 0.3 is 0 Å². The third-order valence-electron chi connectivity index (χ3n) is 5.61. The lowest BCUT2D eigenvalue weighted by Gasteiger charge is -2.32. The van der Waals surface area contributed by atoms with Gasteiger partial charge < -0.3 is 9.64 Å². The topological polar surface area (TPSA) is 64.4 Å². The summed E-state index contributed by atoms with van der Waals surface area (Å²) in [4.78, 5) is 26.0. The van der Waals surface area contributed by atoms with Gasteiger partial charge in [-0.05, 0) is 48.6 Å². The summed E-state index contributed by atoms with van der Waals surface area (Å²) in [7, 11) is 1.66. The predicted octanol–water partition coefficient (Wildman–Crippen LogP) is 3.97. The molecule has 0 aliphatic carbocycles. The second kappa shape index (κ2) is 8.53. The summed E-state index contributed by atoms with van der Waals surface area (Å²) < 4.78 is 7.51. The number of piperidine rings is 1. The Labute approximate surface area is 175 Å². The minimum Gasteiger partial charge on any atom is -0.457 e. The molecule has 30 heavy (non-hydrogen) atoms. The maximum absolute atomic E-state index is 12.4. The van der Waals surface area contributed by atoms with Crippen LogP contribution < -0.4 is 10.3 Å². The summed E-state index contributed by atoms with van der Waals surface area (Å²) >= 11 is 0. The van der Waals surface area contributed by atoms with Crippen molar-refractivity contribution in [3.8, 4) is 22.8 Å². The number of nitrogens with zero attached hydrogens (tertiary/aromatic N) is 3. The molecule has 1 amide bonds. The number of carbonyl (C=O) groups is 1. The highest BCUT2D eigenvalue weighted by molar-refractivity contribution is 5.73. The molecule has 0 bridgehead atoms. The van der Waals surface area contributed by atoms with Crippen molar-refractivity contribution in [3.05, 3.63) is 76.6 Å². The van der Waals surface area contributed by atoms with Crippen LogP contribution in [0.25, 0.3) is 11.3 Å². The van der Waals surface area contributed by atoms with Gasteiger partial charge in [0.25, 0.3) is 5.56 Å². The predicted molar refractivity (Wildman–Crippen MR) is 116 cm³/mol. The van der Waals surface area contributed by atoms with Gasteiger partial charge in [-0.2, -0.15) is 5.10 Å². The van der Waals surface area contributed by atoms with E-state index in [0.717, 1.165) is 35.4 Å². The van der Waals surface area contributed by atoms with E-state index in [1.165, 1.54) is 4.68 Å². The van der Waals surface area contributed by atoms with Crippen LogP contribution >= 0.6 is 0 Å². The molecule has 6 nitrogen and oxygen atoms in total. The van der Waals surface area contributed by atoms with E-state index in [9.17, 15) is 9.59 Å². The van der Waals surface area contributed by atoms with Crippen LogP contribution in [-0.2, 0) is 11.8 Å². The van der Waals surface area contributed by atoms with Crippen LogP contribution in [-0.4, -0.2) is 33.7 Å². The fraction of sp³-hybridized carbons (Fsp3) is 0.292. The fourth-order valence-corrected chi connectivity index (χ4v) is 3.94. The van der Waals surface area contributed by atoms with Gasteiger partial charge in [-0.1, -0.05) is 30.3 Å². The van der Waals surface area contributed by atoms with Gasteiger partial charge in [0.2, 0.25) is 5.91 Å². The highest BCUT2D eigenvalue weighted by atomic mass is 16.5. The lowest BCUT2D eigenvalue weighted by atomic mass is 9.87. The number of aryl methyl sites for hydroxylation is 1. The summed E-state index contributed by atoms with van der Waals surface area (Å²) in [6, 6.07) is 19.1. The Balaban J connectivity index is 1.74. The quantitative estimate of drug-likeness (QED) is 0.661. The van der Waals surface area contributed by atoms with Crippen LogP contribution in [0, 0.1) is 0 Å². The minimum atomic E-state index is -0.135. The largest absolute Gasteiger partial charge is 0.457 e. The number of amides is 1. The number of hydrogen-bond donors (Lipinski definition) is 0. The van der Waals surface area contributed by atoms with Crippen molar-refractivity contribution in [1.82, 2.24) is 14.7 Å². The molecule has 6 heteroatoms. The standard InChI is InChI=1S/C24H25N3O3/c1-17(28)27-14-12-18(13-15-27)21-16-23(29)26(2)25-24(21)20-10-6-7-11-22(20)30-19-8-4-3-5-9-19/h3-11,16,18H,12-15H2,1-2H3. The molecule has 154 valence electrons. The molecule has 2 aromatic carbocycles. The Kier molecular flexibility index (Phi) is 5.65. The van der Waals surface area contributed by atoms with Crippen LogP contribution in [0.5, 0.6) is 11.5 Å². The Morgan fingerprint density at radius 2 is 1.70 bits per heavy atom. The first kappa shape index (κ1) is 19.9. The van der Waals surface area contributed by atoms with Crippen molar-refractivity contribution in [1.29, 1.82) is 0 Å². The normalized spacial score (nSPS) is 14.5. The molecule has 1 saturated heterocycles. The van der Waals surface area contributed by atoms with E-state index >= 15 is 0 Å². The molecular weight excluding hydrogens is 378 g/mol. The summed E-state index contributed by atoms with van der Waals surface area (Å²) in [5, 5.41) is 4.62. The van der Waals surface area contributed by atoms with Crippen LogP contribution in [0.3, 0.4) is 0 Å². The first-order valence-corrected chi connectivity index (χ1v) is 10.2. The van der Waals surface area contributed by atoms with E-state index < -0.39 is 0 Å². The fourth-order valence-electron chi connectivity index (χ4n) is 3.94. The van der Waals surface area contributed by atoms with Crippen molar-refractivity contribution in [2.24, 2.45) is 7.05 Å². The van der Waals surface area contributed by atoms with Gasteiger partial charge in [0, 0.05) is 38.7 Å². The molecule has 0 saturated carbocycles. The third kappa shape index (κ3) is 4.13. The molecule has 1 aliphatic heterocycles. The zero-order valence-corrected chi connectivity index (χ0v) is 17.2. The molecule has 0 unspecified atom stereocenters. The van der Waals surface area contributed by atoms with Gasteiger partial charge in [0.05, 0.1) is 5.69 Å². The van der Waals surface area contributed by atoms with Crippen LogP contribution in [0.15, 0.2) is 65.5 Å². The second-order valence-corrected chi connectivity index (χ2v) is 7.60. The van der Waals surface area contributed by atoms with Crippen molar-refractivity contribution in [2.75, 3.05) is 13.1 Å². The highest BCUT2D eigenvalue weighted by Gasteiger charge is 2.26. The van der Waals surface area contributed by atoms with E-state index in [0.29, 0.717) is 18.8 Å². The van der Waals surface area contributed by atoms with Gasteiger partial charge in [-0.15, -0.1) is 0 Å². The van der Waals surface area contributed by atoms with Crippen molar-refractivity contribution < 1.29 is 9.53 Å². The van der Waals surface area contributed by atoms with Crippen molar-refractivity contribution >= 4 is 5.91 Å². The number of ether oxygens (including phenoxy) is 1. The lowest BCUT2D eigenvalue weighted by molar-refractivity contribution is -0.129. The number of rotatable bonds is 4. The van der Waals surface area contributed by atoms with E-state index in [-0.39, 0.29) is 17.4 Å². The Hall–Kier alpha value is -3.41. The van der Waals surface area contributed by atoms with E-state index in [1.54, 1.807) is 20.0 Å². The highest BCUT2D eigenvalue weighted by Crippen LogP contribution is 2.38. The minimum absolute atomic E-state index is 0.0948. The summed E-state index contributed by atoms with van der Waals surface area (Å²) in [6.07, 6.45) is 1.62. The molecule has 2 heterocycles. The third-order valence-corrected chi connectivity index (χ3v) is 5.61. The number of likely N-dealkylation sites (tertiary alicyclic amines) is 1.